The van der Waals surface area contributed by atoms with Gasteiger partial charge in [0.15, 0.2) is 0 Å². The van der Waals surface area contributed by atoms with Crippen LogP contribution in [0.2, 0.25) is 0 Å². The molecule has 7 aromatic rings. The fraction of sp³-hybridized carbons (Fsp3) is 0.394. The molecule has 1 heterocycles. The number of hydrogen-bond acceptors (Lipinski definition) is 9. The zero-order valence-corrected chi connectivity index (χ0v) is 46.9. The maximum absolute atomic E-state index is 14.4. The summed E-state index contributed by atoms with van der Waals surface area (Å²) in [5.41, 5.74) is 2.71. The Balaban J connectivity index is 1.03. The lowest BCUT2D eigenvalue weighted by atomic mass is 9.77. The summed E-state index contributed by atoms with van der Waals surface area (Å²) in [5.74, 6) is 1.05. The Bertz CT molecular complexity index is 2700. The summed E-state index contributed by atoms with van der Waals surface area (Å²) in [5, 5.41) is 3.69. The van der Waals surface area contributed by atoms with Crippen LogP contribution in [-0.2, 0) is 41.0 Å². The number of methoxy groups -OCH3 is 1. The molecule has 0 spiro atoms. The van der Waals surface area contributed by atoms with E-state index in [1.807, 2.05) is 176 Å². The zero-order valence-electron chi connectivity index (χ0n) is 46.0. The molecule has 0 aliphatic rings. The zero-order chi connectivity index (χ0) is 54.6. The van der Waals surface area contributed by atoms with E-state index in [9.17, 15) is 14.3 Å². The van der Waals surface area contributed by atoms with Crippen LogP contribution in [-0.4, -0.2) is 60.4 Å². The predicted octanol–water partition coefficient (Wildman–Crippen LogP) is 15.1. The van der Waals surface area contributed by atoms with E-state index in [1.165, 1.54) is 81.6 Å². The minimum atomic E-state index is -4.27. The number of benzene rings is 6. The third kappa shape index (κ3) is 17.4. The topological polar surface area (TPSA) is 130 Å². The summed E-state index contributed by atoms with van der Waals surface area (Å²) in [7, 11) is -2.64. The molecule has 78 heavy (non-hydrogen) atoms. The molecule has 414 valence electrons. The second-order valence-corrected chi connectivity index (χ2v) is 21.9. The van der Waals surface area contributed by atoms with Crippen LogP contribution < -0.4 is 15.7 Å². The number of hydrogen-bond donors (Lipinski definition) is 2. The maximum Gasteiger partial charge on any atom is 0.353 e. The Morgan fingerprint density at radius 1 is 0.551 bits per heavy atom. The van der Waals surface area contributed by atoms with Crippen LogP contribution in [0.4, 0.5) is 5.82 Å². The van der Waals surface area contributed by atoms with E-state index in [2.05, 4.69) is 17.2 Å². The lowest BCUT2D eigenvalue weighted by Gasteiger charge is -2.37. The number of nitrogens with one attached hydrogen (secondary N) is 1. The molecule has 0 saturated heterocycles. The van der Waals surface area contributed by atoms with Crippen LogP contribution in [0.1, 0.15) is 137 Å². The molecule has 2 N–H and O–H groups in total. The van der Waals surface area contributed by atoms with Gasteiger partial charge in [-0.15, -0.1) is 0 Å². The summed E-state index contributed by atoms with van der Waals surface area (Å²) in [6, 6.07) is 59.5. The molecule has 7 rings (SSSR count). The number of anilines is 1. The highest BCUT2D eigenvalue weighted by Gasteiger charge is 2.40. The van der Waals surface area contributed by atoms with Crippen molar-refractivity contribution in [3.63, 3.8) is 0 Å². The largest absolute Gasteiger partial charge is 0.497 e. The van der Waals surface area contributed by atoms with Gasteiger partial charge in [0.2, 0.25) is 0 Å². The first-order valence-corrected chi connectivity index (χ1v) is 30.1. The van der Waals surface area contributed by atoms with Crippen LogP contribution in [0.25, 0.3) is 0 Å². The molecule has 1 aromatic heterocycles. The van der Waals surface area contributed by atoms with Crippen molar-refractivity contribution in [2.45, 2.75) is 127 Å². The van der Waals surface area contributed by atoms with E-state index < -0.39 is 36.9 Å². The van der Waals surface area contributed by atoms with Crippen molar-refractivity contribution in [2.24, 2.45) is 0 Å². The van der Waals surface area contributed by atoms with Crippen molar-refractivity contribution in [1.82, 2.24) is 9.55 Å². The average molecular weight is 1080 g/mol. The fourth-order valence-corrected chi connectivity index (χ4v) is 11.1. The summed E-state index contributed by atoms with van der Waals surface area (Å²) in [4.78, 5) is 30.2. The van der Waals surface area contributed by atoms with Gasteiger partial charge in [-0.05, 0) is 64.4 Å². The molecule has 0 amide bonds. The van der Waals surface area contributed by atoms with Crippen molar-refractivity contribution < 1.29 is 32.9 Å². The van der Waals surface area contributed by atoms with Crippen LogP contribution >= 0.6 is 7.60 Å². The molecule has 2 atom stereocenters. The van der Waals surface area contributed by atoms with Gasteiger partial charge in [0.25, 0.3) is 0 Å². The smallest absolute Gasteiger partial charge is 0.353 e. The van der Waals surface area contributed by atoms with Gasteiger partial charge in [-0.1, -0.05) is 254 Å². The lowest BCUT2D eigenvalue weighted by Crippen LogP contribution is -2.40. The first-order valence-electron chi connectivity index (χ1n) is 28.3. The molecule has 0 bridgehead atoms. The third-order valence-corrected chi connectivity index (χ3v) is 15.5. The first kappa shape index (κ1) is 59.5. The standard InChI is InChI=1S/C66H82N3O8P/c1-3-4-5-6-7-8-9-10-11-12-13-14-15-31-49-74-50-32-51-77-78(71,72)54-75-62(53-76-66(58-37-25-18-26-38-58,59-39-27-19-28-40-59)60-41-29-20-30-42-60)52-69-48-47-63(67-64(69)70)68-65(55-33-21-16-22-34-55,56-35-23-17-24-36-56)57-43-45-61(73-2)46-44-57/h16-30,33-48,62H,3-15,31-32,49-54H2,1-2H3,(H,71,72)(H,67,68,70)/t62-/m0/s1. The Morgan fingerprint density at radius 2 is 0.987 bits per heavy atom. The summed E-state index contributed by atoms with van der Waals surface area (Å²) < 4.78 is 45.6. The summed E-state index contributed by atoms with van der Waals surface area (Å²) >= 11 is 0. The number of rotatable bonds is 37. The van der Waals surface area contributed by atoms with Crippen molar-refractivity contribution in [3.8, 4) is 5.75 Å². The normalized spacial score (nSPS) is 13.0. The highest BCUT2D eigenvalue weighted by atomic mass is 31.2. The summed E-state index contributed by atoms with van der Waals surface area (Å²) in [6.07, 6.45) is 18.8. The first-order chi connectivity index (χ1) is 38.3. The van der Waals surface area contributed by atoms with Gasteiger partial charge in [-0.25, -0.2) is 4.79 Å². The minimum absolute atomic E-state index is 0.0258. The van der Waals surface area contributed by atoms with Crippen molar-refractivity contribution in [2.75, 3.05) is 45.2 Å². The fourth-order valence-electron chi connectivity index (χ4n) is 10.2. The Labute approximate surface area is 463 Å². The number of ether oxygens (including phenoxy) is 4. The van der Waals surface area contributed by atoms with Crippen molar-refractivity contribution >= 4 is 13.4 Å². The van der Waals surface area contributed by atoms with Gasteiger partial charge >= 0.3 is 13.3 Å². The van der Waals surface area contributed by atoms with Gasteiger partial charge in [0.05, 0.1) is 33.0 Å². The molecule has 0 aliphatic carbocycles. The van der Waals surface area contributed by atoms with Gasteiger partial charge in [-0.3, -0.25) is 9.13 Å². The Hall–Kier alpha value is -6.17. The molecule has 6 aromatic carbocycles. The monoisotopic (exact) mass is 1080 g/mol. The molecule has 11 nitrogen and oxygen atoms in total. The second-order valence-electron chi connectivity index (χ2n) is 20.1. The second kappa shape index (κ2) is 32.0. The van der Waals surface area contributed by atoms with Gasteiger partial charge < -0.3 is 33.7 Å². The third-order valence-electron chi connectivity index (χ3n) is 14.4. The van der Waals surface area contributed by atoms with E-state index in [1.54, 1.807) is 19.4 Å². The van der Waals surface area contributed by atoms with Gasteiger partial charge in [0, 0.05) is 19.4 Å². The van der Waals surface area contributed by atoms with Crippen LogP contribution in [0, 0.1) is 0 Å². The minimum Gasteiger partial charge on any atom is -0.497 e. The highest BCUT2D eigenvalue weighted by Crippen LogP contribution is 2.44. The van der Waals surface area contributed by atoms with E-state index in [4.69, 9.17) is 23.5 Å². The quantitative estimate of drug-likeness (QED) is 0.0221. The SMILES string of the molecule is CCCCCCCCCCCCCCCCOCCCOP(=O)(O)CO[C@H](COC(c1ccccc1)(c1ccccc1)c1ccccc1)Cn1ccc(NC(c2ccccc2)(c2ccccc2)c2ccc(OC)cc2)nc1=O. The molecule has 0 radical (unpaired) electrons. The number of unbranched alkanes of at least 4 members (excludes halogenated alkanes) is 13. The number of nitrogens with zero attached hydrogens (tertiary/aromatic N) is 2. The van der Waals surface area contributed by atoms with Crippen molar-refractivity contribution in [3.05, 3.63) is 232 Å². The van der Waals surface area contributed by atoms with Crippen LogP contribution in [0.3, 0.4) is 0 Å². The molecular formula is C66H82N3O8P. The van der Waals surface area contributed by atoms with E-state index in [0.717, 1.165) is 46.2 Å². The Morgan fingerprint density at radius 3 is 1.45 bits per heavy atom. The highest BCUT2D eigenvalue weighted by molar-refractivity contribution is 7.52. The molecule has 12 heteroatoms. The van der Waals surface area contributed by atoms with Crippen LogP contribution in [0.15, 0.2) is 193 Å². The maximum atomic E-state index is 14.4. The van der Waals surface area contributed by atoms with E-state index in [0.29, 0.717) is 31.2 Å². The van der Waals surface area contributed by atoms with E-state index in [-0.39, 0.29) is 19.8 Å². The van der Waals surface area contributed by atoms with Gasteiger partial charge in [-0.2, -0.15) is 4.98 Å². The van der Waals surface area contributed by atoms with Crippen molar-refractivity contribution in [1.29, 1.82) is 0 Å². The van der Waals surface area contributed by atoms with Crippen LogP contribution in [0.5, 0.6) is 5.75 Å². The predicted molar refractivity (Wildman–Crippen MR) is 314 cm³/mol. The molecule has 0 fully saturated rings. The molecule has 0 aliphatic heterocycles. The lowest BCUT2D eigenvalue weighted by molar-refractivity contribution is -0.0635. The number of aromatic nitrogens is 2. The summed E-state index contributed by atoms with van der Waals surface area (Å²) in [6.45, 7) is 3.22. The molecule has 0 saturated carbocycles. The molecule has 1 unspecified atom stereocenters. The average Bonchev–Trinajstić information content (AvgIpc) is 3.64. The Kier molecular flexibility index (Phi) is 24.4. The van der Waals surface area contributed by atoms with E-state index >= 15 is 0 Å². The van der Waals surface area contributed by atoms with Gasteiger partial charge in [0.1, 0.15) is 29.1 Å². The molecular weight excluding hydrogens is 994 g/mol.